The number of hydrogen-bond donors (Lipinski definition) is 0. The van der Waals surface area contributed by atoms with Crippen LogP contribution in [0.4, 0.5) is 0 Å². The number of nitriles is 1. The number of benzene rings is 2. The predicted octanol–water partition coefficient (Wildman–Crippen LogP) is 5.25. The highest BCUT2D eigenvalue weighted by Crippen LogP contribution is 2.28. The fourth-order valence-electron chi connectivity index (χ4n) is 3.05. The van der Waals surface area contributed by atoms with Gasteiger partial charge in [0.05, 0.1) is 18.7 Å². The van der Waals surface area contributed by atoms with Gasteiger partial charge in [0.1, 0.15) is 11.5 Å². The minimum absolute atomic E-state index is 0.259. The van der Waals surface area contributed by atoms with Crippen LogP contribution in [-0.4, -0.2) is 21.9 Å². The normalized spacial score (nSPS) is 11.9. The Morgan fingerprint density at radius 1 is 1.03 bits per heavy atom. The first-order valence-electron chi connectivity index (χ1n) is 9.86. The standard InChI is InChI=1S/C23H26N4O2S/c1-16(2)14-27-22(17(3)29-21-11-9-20(28-4)10-12-21)25-26-23(27)30-15-19-8-6-5-7-18(19)13-24/h5-12,16-17H,14-15H2,1-4H3. The molecule has 3 aromatic rings. The van der Waals surface area contributed by atoms with Gasteiger partial charge in [-0.1, -0.05) is 43.8 Å². The Labute approximate surface area is 181 Å². The van der Waals surface area contributed by atoms with Gasteiger partial charge >= 0.3 is 0 Å². The monoisotopic (exact) mass is 422 g/mol. The van der Waals surface area contributed by atoms with Crippen LogP contribution in [-0.2, 0) is 12.3 Å². The van der Waals surface area contributed by atoms with Crippen LogP contribution in [0.15, 0.2) is 53.7 Å². The zero-order valence-corrected chi connectivity index (χ0v) is 18.5. The maximum Gasteiger partial charge on any atom is 0.191 e. The topological polar surface area (TPSA) is 73.0 Å². The van der Waals surface area contributed by atoms with Gasteiger partial charge in [-0.05, 0) is 48.7 Å². The van der Waals surface area contributed by atoms with E-state index in [1.54, 1.807) is 18.9 Å². The van der Waals surface area contributed by atoms with E-state index in [1.165, 1.54) is 0 Å². The van der Waals surface area contributed by atoms with Crippen LogP contribution in [0.5, 0.6) is 11.5 Å². The van der Waals surface area contributed by atoms with Crippen molar-refractivity contribution in [2.75, 3.05) is 7.11 Å². The smallest absolute Gasteiger partial charge is 0.191 e. The predicted molar refractivity (Wildman–Crippen MR) is 118 cm³/mol. The summed E-state index contributed by atoms with van der Waals surface area (Å²) in [5.74, 6) is 3.41. The number of thioether (sulfide) groups is 1. The van der Waals surface area contributed by atoms with Crippen molar-refractivity contribution >= 4 is 11.8 Å². The quantitative estimate of drug-likeness (QED) is 0.439. The second-order valence-corrected chi connectivity index (χ2v) is 8.28. The van der Waals surface area contributed by atoms with Gasteiger partial charge in [-0.2, -0.15) is 5.26 Å². The summed E-state index contributed by atoms with van der Waals surface area (Å²) < 4.78 is 13.4. The largest absolute Gasteiger partial charge is 0.497 e. The van der Waals surface area contributed by atoms with Crippen molar-refractivity contribution in [1.29, 1.82) is 5.26 Å². The molecule has 0 aliphatic rings. The molecule has 1 atom stereocenters. The molecule has 0 N–H and O–H groups in total. The van der Waals surface area contributed by atoms with Crippen LogP contribution in [0.1, 0.15) is 43.8 Å². The minimum atomic E-state index is -0.259. The molecule has 0 saturated heterocycles. The highest BCUT2D eigenvalue weighted by molar-refractivity contribution is 7.98. The Bertz CT molecular complexity index is 1010. The van der Waals surface area contributed by atoms with Gasteiger partial charge in [-0.25, -0.2) is 0 Å². The molecule has 0 radical (unpaired) electrons. The summed E-state index contributed by atoms with van der Waals surface area (Å²) in [4.78, 5) is 0. The summed E-state index contributed by atoms with van der Waals surface area (Å²) in [6, 6.07) is 17.4. The van der Waals surface area contributed by atoms with Crippen LogP contribution in [0, 0.1) is 17.2 Å². The van der Waals surface area contributed by atoms with E-state index >= 15 is 0 Å². The lowest BCUT2D eigenvalue weighted by molar-refractivity contribution is 0.207. The Kier molecular flexibility index (Phi) is 7.36. The van der Waals surface area contributed by atoms with Gasteiger partial charge in [-0.15, -0.1) is 10.2 Å². The molecular formula is C23H26N4O2S. The molecule has 30 heavy (non-hydrogen) atoms. The molecule has 0 aliphatic heterocycles. The summed E-state index contributed by atoms with van der Waals surface area (Å²) >= 11 is 1.59. The van der Waals surface area contributed by atoms with Gasteiger partial charge in [0, 0.05) is 12.3 Å². The molecule has 2 aromatic carbocycles. The molecule has 7 heteroatoms. The Balaban J connectivity index is 1.79. The van der Waals surface area contributed by atoms with Crippen molar-refractivity contribution in [1.82, 2.24) is 14.8 Å². The van der Waals surface area contributed by atoms with Gasteiger partial charge < -0.3 is 14.0 Å². The van der Waals surface area contributed by atoms with E-state index in [-0.39, 0.29) is 6.10 Å². The third-order valence-electron chi connectivity index (χ3n) is 4.52. The van der Waals surface area contributed by atoms with Gasteiger partial charge in [0.25, 0.3) is 0 Å². The lowest BCUT2D eigenvalue weighted by atomic mass is 10.1. The van der Waals surface area contributed by atoms with Crippen LogP contribution in [0.3, 0.4) is 0 Å². The Morgan fingerprint density at radius 3 is 2.40 bits per heavy atom. The van der Waals surface area contributed by atoms with Gasteiger partial charge in [-0.3, -0.25) is 0 Å². The second kappa shape index (κ2) is 10.2. The van der Waals surface area contributed by atoms with Crippen LogP contribution in [0.25, 0.3) is 0 Å². The summed E-state index contributed by atoms with van der Waals surface area (Å²) in [6.07, 6.45) is -0.259. The molecule has 1 aromatic heterocycles. The molecule has 0 aliphatic carbocycles. The molecule has 0 fully saturated rings. The summed E-state index contributed by atoms with van der Waals surface area (Å²) in [6.45, 7) is 7.10. The first kappa shape index (κ1) is 21.7. The molecule has 3 rings (SSSR count). The molecule has 0 spiro atoms. The van der Waals surface area contributed by atoms with Crippen molar-refractivity contribution in [2.24, 2.45) is 5.92 Å². The molecule has 0 bridgehead atoms. The number of rotatable bonds is 9. The first-order chi connectivity index (χ1) is 14.5. The number of ether oxygens (including phenoxy) is 2. The van der Waals surface area contributed by atoms with Crippen molar-refractivity contribution in [3.63, 3.8) is 0 Å². The third kappa shape index (κ3) is 5.33. The van der Waals surface area contributed by atoms with E-state index in [2.05, 4.69) is 34.7 Å². The Hall–Kier alpha value is -2.98. The average molecular weight is 423 g/mol. The highest BCUT2D eigenvalue weighted by atomic mass is 32.2. The maximum atomic E-state index is 9.32. The van der Waals surface area contributed by atoms with Crippen molar-refractivity contribution in [3.8, 4) is 17.6 Å². The molecular weight excluding hydrogens is 396 g/mol. The average Bonchev–Trinajstić information content (AvgIpc) is 3.14. The fraction of sp³-hybridized carbons (Fsp3) is 0.348. The van der Waals surface area contributed by atoms with Crippen LogP contribution in [0.2, 0.25) is 0 Å². The van der Waals surface area contributed by atoms with E-state index in [9.17, 15) is 5.26 Å². The van der Waals surface area contributed by atoms with Crippen LogP contribution < -0.4 is 9.47 Å². The summed E-state index contributed by atoms with van der Waals surface area (Å²) in [5, 5.41) is 19.0. The number of methoxy groups -OCH3 is 1. The third-order valence-corrected chi connectivity index (χ3v) is 5.54. The van der Waals surface area contributed by atoms with Crippen molar-refractivity contribution < 1.29 is 9.47 Å². The molecule has 0 saturated carbocycles. The minimum Gasteiger partial charge on any atom is -0.497 e. The molecule has 1 heterocycles. The maximum absolute atomic E-state index is 9.32. The fourth-order valence-corrected chi connectivity index (χ4v) is 4.01. The van der Waals surface area contributed by atoms with Crippen LogP contribution >= 0.6 is 11.8 Å². The van der Waals surface area contributed by atoms with Crippen molar-refractivity contribution in [2.45, 2.75) is 44.3 Å². The SMILES string of the molecule is COc1ccc(OC(C)c2nnc(SCc3ccccc3C#N)n2CC(C)C)cc1. The number of aromatic nitrogens is 3. The summed E-state index contributed by atoms with van der Waals surface area (Å²) in [5.41, 5.74) is 1.68. The molecule has 156 valence electrons. The zero-order chi connectivity index (χ0) is 21.5. The molecule has 0 amide bonds. The molecule has 1 unspecified atom stereocenters. The molecule has 6 nitrogen and oxygen atoms in total. The van der Waals surface area contributed by atoms with Gasteiger partial charge in [0.15, 0.2) is 17.1 Å². The Morgan fingerprint density at radius 2 is 1.73 bits per heavy atom. The van der Waals surface area contributed by atoms with E-state index in [0.29, 0.717) is 17.2 Å². The van der Waals surface area contributed by atoms with E-state index in [4.69, 9.17) is 9.47 Å². The lowest BCUT2D eigenvalue weighted by Crippen LogP contribution is -2.15. The summed E-state index contributed by atoms with van der Waals surface area (Å²) in [7, 11) is 1.64. The van der Waals surface area contributed by atoms with E-state index < -0.39 is 0 Å². The van der Waals surface area contributed by atoms with E-state index in [0.717, 1.165) is 34.6 Å². The highest BCUT2D eigenvalue weighted by Gasteiger charge is 2.20. The number of hydrogen-bond acceptors (Lipinski definition) is 6. The number of nitrogens with zero attached hydrogens (tertiary/aromatic N) is 4. The lowest BCUT2D eigenvalue weighted by Gasteiger charge is -2.18. The second-order valence-electron chi connectivity index (χ2n) is 7.34. The van der Waals surface area contributed by atoms with Crippen molar-refractivity contribution in [3.05, 3.63) is 65.5 Å². The first-order valence-corrected chi connectivity index (χ1v) is 10.8. The van der Waals surface area contributed by atoms with Gasteiger partial charge in [0.2, 0.25) is 0 Å². The van der Waals surface area contributed by atoms with E-state index in [1.807, 2.05) is 55.5 Å². The zero-order valence-electron chi connectivity index (χ0n) is 17.7.